The van der Waals surface area contributed by atoms with Gasteiger partial charge in [-0.1, -0.05) is 12.1 Å². The van der Waals surface area contributed by atoms with Gasteiger partial charge in [0.1, 0.15) is 5.75 Å². The van der Waals surface area contributed by atoms with Gasteiger partial charge in [-0.15, -0.1) is 0 Å². The standard InChI is InChI=1S/C15H19F3N2O2/c1-20(2)8-4-5-14(21)19-10-11-6-7-12(22-3)9-13(11)15(16,17)18/h4-7,9H,8,10H2,1-3H3,(H,19,21)/b5-4+. The minimum Gasteiger partial charge on any atom is -0.497 e. The van der Waals surface area contributed by atoms with Gasteiger partial charge in [0.2, 0.25) is 5.91 Å². The third kappa shape index (κ3) is 5.77. The summed E-state index contributed by atoms with van der Waals surface area (Å²) in [5.41, 5.74) is -0.827. The average Bonchev–Trinajstić information content (AvgIpc) is 2.43. The van der Waals surface area contributed by atoms with E-state index in [0.717, 1.165) is 6.07 Å². The Morgan fingerprint density at radius 3 is 2.59 bits per heavy atom. The van der Waals surface area contributed by atoms with E-state index in [1.54, 1.807) is 6.08 Å². The predicted octanol–water partition coefficient (Wildman–Crippen LogP) is 2.45. The van der Waals surface area contributed by atoms with E-state index in [-0.39, 0.29) is 17.9 Å². The lowest BCUT2D eigenvalue weighted by atomic mass is 10.1. The lowest BCUT2D eigenvalue weighted by Crippen LogP contribution is -2.23. The molecule has 0 atom stereocenters. The van der Waals surface area contributed by atoms with Crippen molar-refractivity contribution in [1.82, 2.24) is 10.2 Å². The number of methoxy groups -OCH3 is 1. The first-order valence-electron chi connectivity index (χ1n) is 6.57. The van der Waals surface area contributed by atoms with Crippen molar-refractivity contribution in [3.8, 4) is 5.75 Å². The third-order valence-electron chi connectivity index (χ3n) is 2.82. The molecule has 1 rings (SSSR count). The highest BCUT2D eigenvalue weighted by molar-refractivity contribution is 5.87. The minimum atomic E-state index is -4.50. The molecule has 0 heterocycles. The van der Waals surface area contributed by atoms with Gasteiger partial charge in [-0.05, 0) is 31.8 Å². The Labute approximate surface area is 127 Å². The lowest BCUT2D eigenvalue weighted by Gasteiger charge is -2.14. The van der Waals surface area contributed by atoms with Crippen LogP contribution in [0.2, 0.25) is 0 Å². The lowest BCUT2D eigenvalue weighted by molar-refractivity contribution is -0.138. The van der Waals surface area contributed by atoms with Gasteiger partial charge in [-0.3, -0.25) is 4.79 Å². The molecule has 0 spiro atoms. The number of halogens is 3. The quantitative estimate of drug-likeness (QED) is 0.820. The topological polar surface area (TPSA) is 41.6 Å². The van der Waals surface area contributed by atoms with Crippen LogP contribution in [0.25, 0.3) is 0 Å². The van der Waals surface area contributed by atoms with Crippen LogP contribution in [0.1, 0.15) is 11.1 Å². The van der Waals surface area contributed by atoms with Crippen molar-refractivity contribution in [3.63, 3.8) is 0 Å². The molecule has 0 saturated heterocycles. The zero-order chi connectivity index (χ0) is 16.8. The van der Waals surface area contributed by atoms with Crippen LogP contribution < -0.4 is 10.1 Å². The molecule has 0 radical (unpaired) electrons. The summed E-state index contributed by atoms with van der Waals surface area (Å²) in [5.74, 6) is -0.320. The molecule has 0 unspecified atom stereocenters. The molecule has 0 bridgehead atoms. The summed E-state index contributed by atoms with van der Waals surface area (Å²) in [7, 11) is 4.98. The van der Waals surface area contributed by atoms with Crippen molar-refractivity contribution in [3.05, 3.63) is 41.5 Å². The number of carbonyl (C=O) groups is 1. The van der Waals surface area contributed by atoms with Crippen LogP contribution in [-0.2, 0) is 17.5 Å². The number of nitrogens with one attached hydrogen (secondary N) is 1. The van der Waals surface area contributed by atoms with Crippen molar-refractivity contribution in [2.24, 2.45) is 0 Å². The van der Waals surface area contributed by atoms with E-state index in [1.165, 1.54) is 25.3 Å². The molecule has 7 heteroatoms. The van der Waals surface area contributed by atoms with Crippen molar-refractivity contribution in [1.29, 1.82) is 0 Å². The number of ether oxygens (including phenoxy) is 1. The smallest absolute Gasteiger partial charge is 0.416 e. The van der Waals surface area contributed by atoms with Crippen LogP contribution in [0.15, 0.2) is 30.4 Å². The molecule has 1 aromatic rings. The Morgan fingerprint density at radius 1 is 1.36 bits per heavy atom. The summed E-state index contributed by atoms with van der Waals surface area (Å²) in [6, 6.07) is 3.65. The monoisotopic (exact) mass is 316 g/mol. The summed E-state index contributed by atoms with van der Waals surface area (Å²) >= 11 is 0. The molecule has 4 nitrogen and oxygen atoms in total. The van der Waals surface area contributed by atoms with E-state index in [0.29, 0.717) is 6.54 Å². The van der Waals surface area contributed by atoms with Gasteiger partial charge in [0.15, 0.2) is 0 Å². The molecule has 0 saturated carbocycles. The van der Waals surface area contributed by atoms with Crippen LogP contribution in [0, 0.1) is 0 Å². The van der Waals surface area contributed by atoms with Gasteiger partial charge >= 0.3 is 6.18 Å². The number of likely N-dealkylation sites (N-methyl/N-ethyl adjacent to an activating group) is 1. The number of benzene rings is 1. The van der Waals surface area contributed by atoms with Crippen LogP contribution in [0.3, 0.4) is 0 Å². The average molecular weight is 316 g/mol. The van der Waals surface area contributed by atoms with E-state index in [9.17, 15) is 18.0 Å². The van der Waals surface area contributed by atoms with Crippen LogP contribution >= 0.6 is 0 Å². The number of hydrogen-bond donors (Lipinski definition) is 1. The van der Waals surface area contributed by atoms with Crippen LogP contribution in [-0.4, -0.2) is 38.6 Å². The molecular weight excluding hydrogens is 297 g/mol. The first-order chi connectivity index (χ1) is 10.2. The summed E-state index contributed by atoms with van der Waals surface area (Å²) in [6.07, 6.45) is -1.57. The molecular formula is C15H19F3N2O2. The normalized spacial score (nSPS) is 12.0. The second kappa shape index (κ2) is 7.84. The highest BCUT2D eigenvalue weighted by Gasteiger charge is 2.33. The van der Waals surface area contributed by atoms with Crippen molar-refractivity contribution >= 4 is 5.91 Å². The maximum Gasteiger partial charge on any atom is 0.416 e. The SMILES string of the molecule is COc1ccc(CNC(=O)/C=C/CN(C)C)c(C(F)(F)F)c1. The molecule has 22 heavy (non-hydrogen) atoms. The Bertz CT molecular complexity index is 540. The Morgan fingerprint density at radius 2 is 2.05 bits per heavy atom. The molecule has 0 fully saturated rings. The minimum absolute atomic E-state index is 0.0114. The molecule has 1 N–H and O–H groups in total. The largest absolute Gasteiger partial charge is 0.497 e. The molecule has 0 aliphatic heterocycles. The van der Waals surface area contributed by atoms with E-state index in [1.807, 2.05) is 19.0 Å². The van der Waals surface area contributed by atoms with Crippen molar-refractivity contribution < 1.29 is 22.7 Å². The van der Waals surface area contributed by atoms with Crippen LogP contribution in [0.5, 0.6) is 5.75 Å². The molecule has 0 aliphatic carbocycles. The first kappa shape index (κ1) is 18.0. The van der Waals surface area contributed by atoms with Gasteiger partial charge in [-0.25, -0.2) is 0 Å². The van der Waals surface area contributed by atoms with E-state index in [2.05, 4.69) is 5.32 Å². The fraction of sp³-hybridized carbons (Fsp3) is 0.400. The highest BCUT2D eigenvalue weighted by Crippen LogP contribution is 2.34. The maximum absolute atomic E-state index is 13.0. The van der Waals surface area contributed by atoms with E-state index >= 15 is 0 Å². The van der Waals surface area contributed by atoms with Crippen molar-refractivity contribution in [2.75, 3.05) is 27.7 Å². The number of carbonyl (C=O) groups excluding carboxylic acids is 1. The fourth-order valence-electron chi connectivity index (χ4n) is 1.71. The number of amides is 1. The van der Waals surface area contributed by atoms with E-state index in [4.69, 9.17) is 4.74 Å². The highest BCUT2D eigenvalue weighted by atomic mass is 19.4. The summed E-state index contributed by atoms with van der Waals surface area (Å²) in [6.45, 7) is 0.369. The predicted molar refractivity (Wildman–Crippen MR) is 77.5 cm³/mol. The third-order valence-corrected chi connectivity index (χ3v) is 2.82. The maximum atomic E-state index is 13.0. The van der Waals surface area contributed by atoms with Crippen molar-refractivity contribution in [2.45, 2.75) is 12.7 Å². The Kier molecular flexibility index (Phi) is 6.42. The number of hydrogen-bond acceptors (Lipinski definition) is 3. The van der Waals surface area contributed by atoms with Gasteiger partial charge < -0.3 is 15.0 Å². The molecule has 122 valence electrons. The number of rotatable bonds is 6. The number of nitrogens with zero attached hydrogens (tertiary/aromatic N) is 1. The van der Waals surface area contributed by atoms with Crippen LogP contribution in [0.4, 0.5) is 13.2 Å². The Balaban J connectivity index is 2.77. The summed E-state index contributed by atoms with van der Waals surface area (Å²) < 4.78 is 43.8. The first-order valence-corrected chi connectivity index (χ1v) is 6.57. The zero-order valence-electron chi connectivity index (χ0n) is 12.7. The van der Waals surface area contributed by atoms with Gasteiger partial charge in [0.25, 0.3) is 0 Å². The van der Waals surface area contributed by atoms with Gasteiger partial charge in [-0.2, -0.15) is 13.2 Å². The van der Waals surface area contributed by atoms with E-state index < -0.39 is 17.6 Å². The zero-order valence-corrected chi connectivity index (χ0v) is 12.7. The summed E-state index contributed by atoms with van der Waals surface area (Å²) in [4.78, 5) is 13.4. The number of alkyl halides is 3. The second-order valence-electron chi connectivity index (χ2n) is 4.90. The molecule has 1 aromatic carbocycles. The molecule has 0 aliphatic rings. The fourth-order valence-corrected chi connectivity index (χ4v) is 1.71. The Hall–Kier alpha value is -2.02. The molecule has 0 aromatic heterocycles. The van der Waals surface area contributed by atoms with Gasteiger partial charge in [0.05, 0.1) is 12.7 Å². The molecule has 1 amide bonds. The summed E-state index contributed by atoms with van der Waals surface area (Å²) in [5, 5.41) is 2.44. The second-order valence-corrected chi connectivity index (χ2v) is 4.90. The van der Waals surface area contributed by atoms with Gasteiger partial charge in [0, 0.05) is 19.2 Å².